The minimum atomic E-state index is -0.263. The molecule has 0 spiro atoms. The molecule has 2 heterocycles. The van der Waals surface area contributed by atoms with Crippen molar-refractivity contribution in [1.82, 2.24) is 15.1 Å². The maximum absolute atomic E-state index is 12.4. The van der Waals surface area contributed by atoms with Crippen molar-refractivity contribution in [3.05, 3.63) is 64.7 Å². The summed E-state index contributed by atoms with van der Waals surface area (Å²) in [4.78, 5) is 26.0. The molecule has 0 unspecified atom stereocenters. The van der Waals surface area contributed by atoms with Gasteiger partial charge in [-0.05, 0) is 49.2 Å². The first-order valence-electron chi connectivity index (χ1n) is 8.29. The summed E-state index contributed by atoms with van der Waals surface area (Å²) in [5, 5.41) is 12.2. The normalized spacial score (nSPS) is 13.2. The highest BCUT2D eigenvalue weighted by Gasteiger charge is 2.35. The summed E-state index contributed by atoms with van der Waals surface area (Å²) in [6.45, 7) is 4.13. The summed E-state index contributed by atoms with van der Waals surface area (Å²) >= 11 is 2.71. The fourth-order valence-electron chi connectivity index (χ4n) is 2.74. The number of thioether (sulfide) groups is 1. The molecule has 0 saturated carbocycles. The van der Waals surface area contributed by atoms with E-state index < -0.39 is 0 Å². The number of aromatic nitrogens is 2. The lowest BCUT2D eigenvalue weighted by Crippen LogP contribution is -2.29. The largest absolute Gasteiger partial charge is 0.330 e. The minimum Gasteiger partial charge on any atom is -0.330 e. The number of amides is 2. The van der Waals surface area contributed by atoms with E-state index >= 15 is 0 Å². The van der Waals surface area contributed by atoms with Gasteiger partial charge in [0.05, 0.1) is 17.0 Å². The highest BCUT2D eigenvalue weighted by Crippen LogP contribution is 2.31. The fourth-order valence-corrected chi connectivity index (χ4v) is 4.44. The van der Waals surface area contributed by atoms with Crippen LogP contribution in [0.1, 0.15) is 31.8 Å². The van der Waals surface area contributed by atoms with Gasteiger partial charge < -0.3 is 5.32 Å². The van der Waals surface area contributed by atoms with Gasteiger partial charge in [0.1, 0.15) is 0 Å². The molecule has 0 radical (unpaired) electrons. The van der Waals surface area contributed by atoms with Crippen LogP contribution in [0, 0.1) is 13.8 Å². The number of imide groups is 1. The van der Waals surface area contributed by atoms with Crippen molar-refractivity contribution in [3.63, 3.8) is 0 Å². The van der Waals surface area contributed by atoms with E-state index in [4.69, 9.17) is 0 Å². The Morgan fingerprint density at radius 2 is 1.70 bits per heavy atom. The highest BCUT2D eigenvalue weighted by molar-refractivity contribution is 8.01. The molecule has 27 heavy (non-hydrogen) atoms. The van der Waals surface area contributed by atoms with Gasteiger partial charge in [-0.3, -0.25) is 14.5 Å². The molecule has 4 rings (SSSR count). The number of aryl methyl sites for hydroxylation is 2. The Morgan fingerprint density at radius 1 is 1.00 bits per heavy atom. The smallest absolute Gasteiger partial charge is 0.262 e. The number of carbonyl (C=O) groups excluding carboxylic acids is 2. The molecule has 2 amide bonds. The molecule has 6 nitrogen and oxygen atoms in total. The number of hydrogen-bond donors (Lipinski definition) is 1. The summed E-state index contributed by atoms with van der Waals surface area (Å²) in [7, 11) is 0. The molecule has 0 atom stereocenters. The Kier molecular flexibility index (Phi) is 4.67. The quantitative estimate of drug-likeness (QED) is 0.513. The number of anilines is 2. The molecule has 1 aliphatic heterocycles. The maximum atomic E-state index is 12.4. The number of nitrogens with zero attached hydrogens (tertiary/aromatic N) is 3. The molecular formula is C19H16N4O2S2. The van der Waals surface area contributed by atoms with E-state index in [0.717, 1.165) is 5.69 Å². The second kappa shape index (κ2) is 7.13. The van der Waals surface area contributed by atoms with Gasteiger partial charge in [-0.2, -0.15) is 0 Å². The Labute approximate surface area is 164 Å². The Bertz CT molecular complexity index is 1010. The van der Waals surface area contributed by atoms with Crippen molar-refractivity contribution in [2.24, 2.45) is 0 Å². The van der Waals surface area contributed by atoms with E-state index in [1.807, 2.05) is 6.07 Å². The Balaban J connectivity index is 1.41. The van der Waals surface area contributed by atoms with E-state index in [9.17, 15) is 9.59 Å². The van der Waals surface area contributed by atoms with Crippen molar-refractivity contribution in [1.29, 1.82) is 0 Å². The zero-order valence-corrected chi connectivity index (χ0v) is 16.4. The summed E-state index contributed by atoms with van der Waals surface area (Å²) in [5.41, 5.74) is 4.29. The van der Waals surface area contributed by atoms with E-state index in [1.165, 1.54) is 39.1 Å². The van der Waals surface area contributed by atoms with Crippen LogP contribution in [0.15, 0.2) is 46.8 Å². The first-order valence-corrected chi connectivity index (χ1v) is 10.1. The molecule has 0 saturated heterocycles. The number of fused-ring (bicyclic) bond motifs is 1. The van der Waals surface area contributed by atoms with Gasteiger partial charge in [-0.25, -0.2) is 0 Å². The van der Waals surface area contributed by atoms with Crippen LogP contribution in [0.2, 0.25) is 0 Å². The molecule has 1 N–H and O–H groups in total. The van der Waals surface area contributed by atoms with Gasteiger partial charge in [0.2, 0.25) is 5.13 Å². The lowest BCUT2D eigenvalue weighted by Gasteiger charge is -2.11. The molecular weight excluding hydrogens is 380 g/mol. The van der Waals surface area contributed by atoms with Crippen molar-refractivity contribution in [2.45, 2.75) is 18.2 Å². The van der Waals surface area contributed by atoms with Crippen molar-refractivity contribution in [2.75, 3.05) is 11.2 Å². The zero-order chi connectivity index (χ0) is 19.0. The van der Waals surface area contributed by atoms with Crippen LogP contribution in [-0.4, -0.2) is 32.8 Å². The lowest BCUT2D eigenvalue weighted by molar-refractivity contribution is 0.0684. The fraction of sp³-hybridized carbons (Fsp3) is 0.158. The number of carbonyl (C=O) groups is 2. The monoisotopic (exact) mass is 396 g/mol. The Hall–Kier alpha value is -2.71. The summed E-state index contributed by atoms with van der Waals surface area (Å²) < 4.78 is 0.692. The van der Waals surface area contributed by atoms with Crippen LogP contribution < -0.4 is 5.32 Å². The zero-order valence-electron chi connectivity index (χ0n) is 14.7. The third-order valence-electron chi connectivity index (χ3n) is 4.36. The van der Waals surface area contributed by atoms with Gasteiger partial charge in [0.25, 0.3) is 11.8 Å². The van der Waals surface area contributed by atoms with E-state index in [2.05, 4.69) is 41.5 Å². The van der Waals surface area contributed by atoms with Crippen molar-refractivity contribution < 1.29 is 9.59 Å². The van der Waals surface area contributed by atoms with Crippen LogP contribution in [-0.2, 0) is 0 Å². The molecule has 1 aromatic heterocycles. The number of hydrogen-bond acceptors (Lipinski definition) is 7. The van der Waals surface area contributed by atoms with Gasteiger partial charge in [-0.1, -0.05) is 41.3 Å². The molecule has 8 heteroatoms. The van der Waals surface area contributed by atoms with Crippen molar-refractivity contribution >= 4 is 45.7 Å². The van der Waals surface area contributed by atoms with Crippen LogP contribution in [0.25, 0.3) is 0 Å². The third-order valence-corrected chi connectivity index (χ3v) is 6.31. The van der Waals surface area contributed by atoms with Gasteiger partial charge in [0, 0.05) is 5.69 Å². The molecule has 2 aromatic carbocycles. The van der Waals surface area contributed by atoms with E-state index in [-0.39, 0.29) is 17.7 Å². The molecule has 136 valence electrons. The first-order chi connectivity index (χ1) is 13.0. The van der Waals surface area contributed by atoms with Gasteiger partial charge >= 0.3 is 0 Å². The lowest BCUT2D eigenvalue weighted by atomic mass is 10.1. The predicted molar refractivity (Wildman–Crippen MR) is 107 cm³/mol. The molecule has 1 aliphatic rings. The average molecular weight is 396 g/mol. The standard InChI is InChI=1S/C19H16N4O2S2/c1-11-7-8-13(9-12(11)2)20-18-21-22-19(27-18)26-10-23-16(24)14-5-3-4-6-15(14)17(23)25/h3-9H,10H2,1-2H3,(H,20,21). The minimum absolute atomic E-state index is 0.213. The molecule has 0 fully saturated rings. The summed E-state index contributed by atoms with van der Waals surface area (Å²) in [6, 6.07) is 13.0. The summed E-state index contributed by atoms with van der Waals surface area (Å²) in [6.07, 6.45) is 0. The van der Waals surface area contributed by atoms with Crippen LogP contribution >= 0.6 is 23.1 Å². The third kappa shape index (κ3) is 3.45. The molecule has 0 bridgehead atoms. The van der Waals surface area contributed by atoms with Gasteiger partial charge in [0.15, 0.2) is 4.34 Å². The topological polar surface area (TPSA) is 75.2 Å². The SMILES string of the molecule is Cc1ccc(Nc2nnc(SCN3C(=O)c4ccccc4C3=O)s2)cc1C. The van der Waals surface area contributed by atoms with Crippen LogP contribution in [0.4, 0.5) is 10.8 Å². The van der Waals surface area contributed by atoms with E-state index in [1.54, 1.807) is 24.3 Å². The molecule has 3 aromatic rings. The van der Waals surface area contributed by atoms with Gasteiger partial charge in [-0.15, -0.1) is 10.2 Å². The molecule has 0 aliphatic carbocycles. The highest BCUT2D eigenvalue weighted by atomic mass is 32.2. The average Bonchev–Trinajstić information content (AvgIpc) is 3.20. The number of benzene rings is 2. The maximum Gasteiger partial charge on any atom is 0.262 e. The first kappa shape index (κ1) is 17.7. The van der Waals surface area contributed by atoms with Crippen LogP contribution in [0.3, 0.4) is 0 Å². The second-order valence-electron chi connectivity index (χ2n) is 6.15. The van der Waals surface area contributed by atoms with E-state index in [0.29, 0.717) is 20.6 Å². The number of nitrogens with one attached hydrogen (secondary N) is 1. The summed E-state index contributed by atoms with van der Waals surface area (Å²) in [5.74, 6) is -0.313. The predicted octanol–water partition coefficient (Wildman–Crippen LogP) is 4.24. The number of rotatable bonds is 5. The van der Waals surface area contributed by atoms with Crippen LogP contribution in [0.5, 0.6) is 0 Å². The Morgan fingerprint density at radius 3 is 2.37 bits per heavy atom. The van der Waals surface area contributed by atoms with Crippen molar-refractivity contribution in [3.8, 4) is 0 Å². The second-order valence-corrected chi connectivity index (χ2v) is 8.32.